The zero-order valence-electron chi connectivity index (χ0n) is 12.7. The van der Waals surface area contributed by atoms with Crippen LogP contribution in [0.4, 0.5) is 18.9 Å². The molecule has 0 aromatic heterocycles. The number of benzene rings is 1. The summed E-state index contributed by atoms with van der Waals surface area (Å²) < 4.78 is 45.2. The number of rotatable bonds is 3. The van der Waals surface area contributed by atoms with Gasteiger partial charge in [0.1, 0.15) is 0 Å². The summed E-state index contributed by atoms with van der Waals surface area (Å²) in [5, 5.41) is 2.30. The zero-order chi connectivity index (χ0) is 16.4. The molecule has 3 unspecified atom stereocenters. The topological polar surface area (TPSA) is 41.6 Å². The molecule has 0 spiro atoms. The predicted molar refractivity (Wildman–Crippen MR) is 76.0 cm³/mol. The Kier molecular flexibility index (Phi) is 5.08. The molecule has 1 N–H and O–H groups in total. The van der Waals surface area contributed by atoms with Crippen LogP contribution in [-0.4, -0.2) is 42.1 Å². The van der Waals surface area contributed by atoms with E-state index >= 15 is 0 Å². The first-order chi connectivity index (χ1) is 10.3. The van der Waals surface area contributed by atoms with Crippen LogP contribution in [-0.2, 0) is 9.53 Å². The fourth-order valence-corrected chi connectivity index (χ4v) is 2.56. The van der Waals surface area contributed by atoms with Crippen molar-refractivity contribution in [2.45, 2.75) is 39.0 Å². The lowest BCUT2D eigenvalue weighted by molar-refractivity contribution is -0.126. The maximum atomic E-state index is 13.6. The number of hydrogen-bond donors (Lipinski definition) is 1. The van der Waals surface area contributed by atoms with Crippen LogP contribution >= 0.6 is 0 Å². The molecule has 3 atom stereocenters. The van der Waals surface area contributed by atoms with Crippen molar-refractivity contribution in [2.75, 3.05) is 18.4 Å². The summed E-state index contributed by atoms with van der Waals surface area (Å²) in [4.78, 5) is 14.1. The maximum absolute atomic E-state index is 13.6. The van der Waals surface area contributed by atoms with Gasteiger partial charge in [0, 0.05) is 13.1 Å². The smallest absolute Gasteiger partial charge is 0.241 e. The minimum Gasteiger partial charge on any atom is -0.373 e. The molecule has 0 bridgehead atoms. The maximum Gasteiger partial charge on any atom is 0.241 e. The van der Waals surface area contributed by atoms with E-state index in [0.717, 1.165) is 12.1 Å². The lowest BCUT2D eigenvalue weighted by Crippen LogP contribution is -2.52. The van der Waals surface area contributed by atoms with E-state index in [1.165, 1.54) is 0 Å². The first kappa shape index (κ1) is 16.8. The van der Waals surface area contributed by atoms with Crippen LogP contribution in [0, 0.1) is 17.5 Å². The van der Waals surface area contributed by atoms with E-state index in [1.807, 2.05) is 18.7 Å². The first-order valence-corrected chi connectivity index (χ1v) is 7.13. The van der Waals surface area contributed by atoms with Gasteiger partial charge in [-0.25, -0.2) is 13.2 Å². The number of carbonyl (C=O) groups excluding carboxylic acids is 1. The van der Waals surface area contributed by atoms with Crippen LogP contribution in [0.2, 0.25) is 0 Å². The zero-order valence-corrected chi connectivity index (χ0v) is 12.7. The van der Waals surface area contributed by atoms with Gasteiger partial charge in [0.25, 0.3) is 0 Å². The van der Waals surface area contributed by atoms with E-state index < -0.39 is 29.4 Å². The highest BCUT2D eigenvalue weighted by molar-refractivity contribution is 5.94. The molecule has 1 aromatic carbocycles. The Morgan fingerprint density at radius 3 is 2.41 bits per heavy atom. The quantitative estimate of drug-likeness (QED) is 0.871. The van der Waals surface area contributed by atoms with E-state index in [1.54, 1.807) is 6.92 Å². The number of ether oxygens (including phenoxy) is 1. The van der Waals surface area contributed by atoms with Crippen LogP contribution in [0.5, 0.6) is 0 Å². The minimum absolute atomic E-state index is 0.0148. The number of hydrogen-bond acceptors (Lipinski definition) is 3. The van der Waals surface area contributed by atoms with Gasteiger partial charge in [-0.2, -0.15) is 0 Å². The summed E-state index contributed by atoms with van der Waals surface area (Å²) in [6.07, 6.45) is -0.0296. The second kappa shape index (κ2) is 6.66. The highest BCUT2D eigenvalue weighted by atomic mass is 19.2. The van der Waals surface area contributed by atoms with Gasteiger partial charge in [-0.3, -0.25) is 9.69 Å². The van der Waals surface area contributed by atoms with E-state index in [-0.39, 0.29) is 17.9 Å². The van der Waals surface area contributed by atoms with Crippen molar-refractivity contribution >= 4 is 11.6 Å². The summed E-state index contributed by atoms with van der Waals surface area (Å²) in [6, 6.07) is 1.24. The number of halogens is 3. The molecule has 1 aliphatic rings. The van der Waals surface area contributed by atoms with Gasteiger partial charge in [-0.15, -0.1) is 0 Å². The average molecular weight is 316 g/mol. The van der Waals surface area contributed by atoms with Crippen molar-refractivity contribution in [1.29, 1.82) is 0 Å². The molecule has 22 heavy (non-hydrogen) atoms. The molecule has 1 aromatic rings. The number of morpholine rings is 1. The Morgan fingerprint density at radius 1 is 1.23 bits per heavy atom. The van der Waals surface area contributed by atoms with Crippen LogP contribution in [0.25, 0.3) is 0 Å². The number of nitrogens with one attached hydrogen (secondary N) is 1. The molecule has 1 aliphatic heterocycles. The Labute approximate surface area is 127 Å². The summed E-state index contributed by atoms with van der Waals surface area (Å²) in [5.74, 6) is -4.77. The third-order valence-electron chi connectivity index (χ3n) is 3.67. The lowest BCUT2D eigenvalue weighted by atomic mass is 10.1. The molecule has 1 heterocycles. The summed E-state index contributed by atoms with van der Waals surface area (Å²) in [7, 11) is 0. The highest BCUT2D eigenvalue weighted by Gasteiger charge is 2.29. The molecule has 2 rings (SSSR count). The van der Waals surface area contributed by atoms with Gasteiger partial charge in [0.15, 0.2) is 17.5 Å². The number of carbonyl (C=O) groups is 1. The largest absolute Gasteiger partial charge is 0.373 e. The summed E-state index contributed by atoms with van der Waals surface area (Å²) >= 11 is 0. The predicted octanol–water partition coefficient (Wildman–Crippen LogP) is 2.54. The fourth-order valence-electron chi connectivity index (χ4n) is 2.56. The highest BCUT2D eigenvalue weighted by Crippen LogP contribution is 2.21. The van der Waals surface area contributed by atoms with E-state index in [2.05, 4.69) is 5.32 Å². The van der Waals surface area contributed by atoms with Gasteiger partial charge in [0.2, 0.25) is 5.91 Å². The van der Waals surface area contributed by atoms with Gasteiger partial charge in [-0.1, -0.05) is 0 Å². The molecule has 4 nitrogen and oxygen atoms in total. The molecule has 1 amide bonds. The van der Waals surface area contributed by atoms with Crippen molar-refractivity contribution in [3.63, 3.8) is 0 Å². The van der Waals surface area contributed by atoms with Crippen molar-refractivity contribution in [3.8, 4) is 0 Å². The summed E-state index contributed by atoms with van der Waals surface area (Å²) in [5.41, 5.74) is -0.370. The van der Waals surface area contributed by atoms with Crippen LogP contribution < -0.4 is 5.32 Å². The molecule has 122 valence electrons. The molecule has 0 saturated carbocycles. The van der Waals surface area contributed by atoms with Gasteiger partial charge < -0.3 is 10.1 Å². The van der Waals surface area contributed by atoms with Gasteiger partial charge in [-0.05, 0) is 32.9 Å². The van der Waals surface area contributed by atoms with Crippen LogP contribution in [0.15, 0.2) is 12.1 Å². The fraction of sp³-hybridized carbons (Fsp3) is 0.533. The number of amides is 1. The normalized spacial score (nSPS) is 24.1. The van der Waals surface area contributed by atoms with Crippen molar-refractivity contribution < 1.29 is 22.7 Å². The Balaban J connectivity index is 2.07. The SMILES string of the molecule is CC1CN(C(C)C(=O)Nc2ccc(F)c(F)c2F)CC(C)O1. The molecular formula is C15H19F3N2O2. The third-order valence-corrected chi connectivity index (χ3v) is 3.67. The Hall–Kier alpha value is -1.60. The molecule has 1 fully saturated rings. The molecule has 1 saturated heterocycles. The number of nitrogens with zero attached hydrogens (tertiary/aromatic N) is 1. The third kappa shape index (κ3) is 3.59. The Morgan fingerprint density at radius 2 is 1.82 bits per heavy atom. The van der Waals surface area contributed by atoms with E-state index in [4.69, 9.17) is 4.74 Å². The summed E-state index contributed by atoms with van der Waals surface area (Å²) in [6.45, 7) is 6.63. The minimum atomic E-state index is -1.60. The molecular weight excluding hydrogens is 297 g/mol. The van der Waals surface area contributed by atoms with Crippen molar-refractivity contribution in [1.82, 2.24) is 4.90 Å². The Bertz CT molecular complexity index is 558. The van der Waals surface area contributed by atoms with Crippen molar-refractivity contribution in [3.05, 3.63) is 29.6 Å². The average Bonchev–Trinajstić information content (AvgIpc) is 2.46. The second-order valence-electron chi connectivity index (χ2n) is 5.60. The van der Waals surface area contributed by atoms with Gasteiger partial charge in [0.05, 0.1) is 23.9 Å². The van der Waals surface area contributed by atoms with E-state index in [9.17, 15) is 18.0 Å². The van der Waals surface area contributed by atoms with E-state index in [0.29, 0.717) is 13.1 Å². The standard InChI is InChI=1S/C15H19F3N2O2/c1-8-6-20(7-9(2)22-8)10(3)15(21)19-12-5-4-11(16)13(17)14(12)18/h4-5,8-10H,6-7H2,1-3H3,(H,19,21). The number of anilines is 1. The van der Waals surface area contributed by atoms with Crippen LogP contribution in [0.3, 0.4) is 0 Å². The molecule has 0 radical (unpaired) electrons. The lowest BCUT2D eigenvalue weighted by Gasteiger charge is -2.38. The second-order valence-corrected chi connectivity index (χ2v) is 5.60. The van der Waals surface area contributed by atoms with Gasteiger partial charge >= 0.3 is 0 Å². The first-order valence-electron chi connectivity index (χ1n) is 7.13. The van der Waals surface area contributed by atoms with Crippen molar-refractivity contribution in [2.24, 2.45) is 0 Å². The van der Waals surface area contributed by atoms with Crippen LogP contribution in [0.1, 0.15) is 20.8 Å². The molecule has 7 heteroatoms. The monoisotopic (exact) mass is 316 g/mol. The molecule has 0 aliphatic carbocycles.